The van der Waals surface area contributed by atoms with Crippen LogP contribution in [0.3, 0.4) is 0 Å². The molecule has 0 fully saturated rings. The van der Waals surface area contributed by atoms with Gasteiger partial charge in [-0.05, 0) is 49.6 Å². The zero-order valence-corrected chi connectivity index (χ0v) is 11.7. The van der Waals surface area contributed by atoms with Gasteiger partial charge in [0, 0.05) is 0 Å². The Labute approximate surface area is 114 Å². The van der Waals surface area contributed by atoms with E-state index in [-0.39, 0.29) is 6.04 Å². The van der Waals surface area contributed by atoms with Gasteiger partial charge in [-0.15, -0.1) is 0 Å². The van der Waals surface area contributed by atoms with Crippen LogP contribution in [0.2, 0.25) is 0 Å². The lowest BCUT2D eigenvalue weighted by Gasteiger charge is -2.29. The molecule has 0 aromatic heterocycles. The molecule has 3 rings (SSSR count). The standard InChI is InChI=1S/C17H19NO/c1-11-4-6-13(3)14(8-11)16-10-19-17-7-5-12(2)9-15(17)18-16/h4-9,16,18H,10H2,1-3H3. The van der Waals surface area contributed by atoms with Crippen molar-refractivity contribution in [2.24, 2.45) is 0 Å². The fourth-order valence-electron chi connectivity index (χ4n) is 2.59. The molecule has 0 aliphatic carbocycles. The molecule has 0 bridgehead atoms. The summed E-state index contributed by atoms with van der Waals surface area (Å²) in [7, 11) is 0. The number of hydrogen-bond donors (Lipinski definition) is 1. The van der Waals surface area contributed by atoms with Crippen LogP contribution in [-0.2, 0) is 0 Å². The summed E-state index contributed by atoms with van der Waals surface area (Å²) in [5.41, 5.74) is 6.26. The minimum atomic E-state index is 0.231. The highest BCUT2D eigenvalue weighted by Crippen LogP contribution is 2.35. The monoisotopic (exact) mass is 253 g/mol. The van der Waals surface area contributed by atoms with Crippen molar-refractivity contribution in [3.63, 3.8) is 0 Å². The van der Waals surface area contributed by atoms with Crippen LogP contribution < -0.4 is 10.1 Å². The Morgan fingerprint density at radius 2 is 1.74 bits per heavy atom. The number of aryl methyl sites for hydroxylation is 3. The molecular formula is C17H19NO. The third-order valence-corrected chi connectivity index (χ3v) is 3.68. The van der Waals surface area contributed by atoms with Crippen LogP contribution in [0, 0.1) is 20.8 Å². The van der Waals surface area contributed by atoms with E-state index >= 15 is 0 Å². The van der Waals surface area contributed by atoms with Crippen molar-refractivity contribution < 1.29 is 4.74 Å². The van der Waals surface area contributed by atoms with Crippen LogP contribution in [0.25, 0.3) is 0 Å². The number of rotatable bonds is 1. The van der Waals surface area contributed by atoms with E-state index in [9.17, 15) is 0 Å². The quantitative estimate of drug-likeness (QED) is 0.824. The van der Waals surface area contributed by atoms with Crippen molar-refractivity contribution in [1.29, 1.82) is 0 Å². The van der Waals surface area contributed by atoms with E-state index in [0.717, 1.165) is 11.4 Å². The van der Waals surface area contributed by atoms with Gasteiger partial charge in [0.15, 0.2) is 0 Å². The molecule has 2 heteroatoms. The number of hydrogen-bond acceptors (Lipinski definition) is 2. The van der Waals surface area contributed by atoms with E-state index in [2.05, 4.69) is 56.4 Å². The second kappa shape index (κ2) is 4.61. The predicted molar refractivity (Wildman–Crippen MR) is 79.0 cm³/mol. The molecule has 0 amide bonds. The fourth-order valence-corrected chi connectivity index (χ4v) is 2.59. The molecule has 0 radical (unpaired) electrons. The van der Waals surface area contributed by atoms with E-state index in [0.29, 0.717) is 6.61 Å². The summed E-state index contributed by atoms with van der Waals surface area (Å²) in [5.74, 6) is 0.951. The van der Waals surface area contributed by atoms with E-state index in [4.69, 9.17) is 4.74 Å². The first kappa shape index (κ1) is 12.1. The molecule has 2 aromatic carbocycles. The minimum Gasteiger partial charge on any atom is -0.489 e. The average Bonchev–Trinajstić information content (AvgIpc) is 2.40. The number of ether oxygens (including phenoxy) is 1. The van der Waals surface area contributed by atoms with Crippen molar-refractivity contribution in [3.05, 3.63) is 58.7 Å². The molecule has 0 saturated carbocycles. The van der Waals surface area contributed by atoms with Gasteiger partial charge in [0.1, 0.15) is 12.4 Å². The summed E-state index contributed by atoms with van der Waals surface area (Å²) >= 11 is 0. The summed E-state index contributed by atoms with van der Waals surface area (Å²) < 4.78 is 5.88. The molecule has 0 spiro atoms. The summed E-state index contributed by atoms with van der Waals surface area (Å²) in [6, 6.07) is 13.1. The first-order valence-electron chi connectivity index (χ1n) is 6.70. The zero-order valence-electron chi connectivity index (χ0n) is 11.7. The van der Waals surface area contributed by atoms with Gasteiger partial charge in [-0.3, -0.25) is 0 Å². The fraction of sp³-hybridized carbons (Fsp3) is 0.294. The van der Waals surface area contributed by atoms with Gasteiger partial charge in [0.2, 0.25) is 0 Å². The molecule has 1 heterocycles. The highest BCUT2D eigenvalue weighted by molar-refractivity contribution is 5.61. The first-order valence-corrected chi connectivity index (χ1v) is 6.70. The van der Waals surface area contributed by atoms with Crippen molar-refractivity contribution in [3.8, 4) is 5.75 Å². The number of benzene rings is 2. The van der Waals surface area contributed by atoms with E-state index < -0.39 is 0 Å². The van der Waals surface area contributed by atoms with Gasteiger partial charge >= 0.3 is 0 Å². The molecule has 98 valence electrons. The number of anilines is 1. The van der Waals surface area contributed by atoms with Crippen LogP contribution in [0.4, 0.5) is 5.69 Å². The zero-order chi connectivity index (χ0) is 13.4. The third-order valence-electron chi connectivity index (χ3n) is 3.68. The lowest BCUT2D eigenvalue weighted by Crippen LogP contribution is -2.24. The Hall–Kier alpha value is -1.96. The summed E-state index contributed by atoms with van der Waals surface area (Å²) in [5, 5.41) is 3.60. The van der Waals surface area contributed by atoms with Crippen LogP contribution in [-0.4, -0.2) is 6.61 Å². The molecule has 0 saturated heterocycles. The lowest BCUT2D eigenvalue weighted by molar-refractivity contribution is 0.286. The predicted octanol–water partition coefficient (Wildman–Crippen LogP) is 4.16. The summed E-state index contributed by atoms with van der Waals surface area (Å²) in [4.78, 5) is 0. The molecule has 1 N–H and O–H groups in total. The van der Waals surface area contributed by atoms with E-state index in [1.54, 1.807) is 0 Å². The molecular weight excluding hydrogens is 234 g/mol. The van der Waals surface area contributed by atoms with Crippen LogP contribution in [0.5, 0.6) is 5.75 Å². The Kier molecular flexibility index (Phi) is 2.94. The second-order valence-electron chi connectivity index (χ2n) is 5.37. The SMILES string of the molecule is Cc1ccc2c(c1)NC(c1cc(C)ccc1C)CO2. The van der Waals surface area contributed by atoms with E-state index in [1.165, 1.54) is 22.3 Å². The maximum atomic E-state index is 5.88. The van der Waals surface area contributed by atoms with Gasteiger partial charge < -0.3 is 10.1 Å². The summed E-state index contributed by atoms with van der Waals surface area (Å²) in [6.07, 6.45) is 0. The normalized spacial score (nSPS) is 17.3. The Bertz CT molecular complexity index is 619. The molecule has 1 atom stereocenters. The van der Waals surface area contributed by atoms with Crippen LogP contribution >= 0.6 is 0 Å². The molecule has 1 aliphatic rings. The molecule has 1 aliphatic heterocycles. The maximum absolute atomic E-state index is 5.88. The second-order valence-corrected chi connectivity index (χ2v) is 5.37. The van der Waals surface area contributed by atoms with Crippen molar-refractivity contribution in [2.75, 3.05) is 11.9 Å². The minimum absolute atomic E-state index is 0.231. The largest absolute Gasteiger partial charge is 0.489 e. The highest BCUT2D eigenvalue weighted by Gasteiger charge is 2.21. The number of fused-ring (bicyclic) bond motifs is 1. The molecule has 2 nitrogen and oxygen atoms in total. The molecule has 19 heavy (non-hydrogen) atoms. The topological polar surface area (TPSA) is 21.3 Å². The average molecular weight is 253 g/mol. The van der Waals surface area contributed by atoms with Crippen molar-refractivity contribution >= 4 is 5.69 Å². The van der Waals surface area contributed by atoms with Gasteiger partial charge in [-0.1, -0.05) is 29.8 Å². The first-order chi connectivity index (χ1) is 9.13. The third kappa shape index (κ3) is 2.30. The van der Waals surface area contributed by atoms with Crippen LogP contribution in [0.15, 0.2) is 36.4 Å². The molecule has 2 aromatic rings. The van der Waals surface area contributed by atoms with Crippen molar-refractivity contribution in [1.82, 2.24) is 0 Å². The van der Waals surface area contributed by atoms with Gasteiger partial charge in [-0.2, -0.15) is 0 Å². The highest BCUT2D eigenvalue weighted by atomic mass is 16.5. The molecule has 1 unspecified atom stereocenters. The Morgan fingerprint density at radius 1 is 1.00 bits per heavy atom. The van der Waals surface area contributed by atoms with Crippen LogP contribution in [0.1, 0.15) is 28.3 Å². The summed E-state index contributed by atoms with van der Waals surface area (Å²) in [6.45, 7) is 7.07. The Balaban J connectivity index is 1.95. The van der Waals surface area contributed by atoms with Gasteiger partial charge in [-0.25, -0.2) is 0 Å². The smallest absolute Gasteiger partial charge is 0.142 e. The Morgan fingerprint density at radius 3 is 2.58 bits per heavy atom. The number of nitrogens with one attached hydrogen (secondary N) is 1. The van der Waals surface area contributed by atoms with E-state index in [1.807, 2.05) is 6.07 Å². The van der Waals surface area contributed by atoms with Crippen molar-refractivity contribution in [2.45, 2.75) is 26.8 Å². The maximum Gasteiger partial charge on any atom is 0.142 e. The lowest BCUT2D eigenvalue weighted by atomic mass is 9.98. The van der Waals surface area contributed by atoms with Gasteiger partial charge in [0.25, 0.3) is 0 Å². The van der Waals surface area contributed by atoms with Gasteiger partial charge in [0.05, 0.1) is 11.7 Å².